The predicted molar refractivity (Wildman–Crippen MR) is 55.0 cm³/mol. The standard InChI is InChI=1S/C10H14O2S/c1-13(12)8-7-10(11)9-5-3-2-4-6-9/h2-6,10-11H,7-8H2,1H3. The number of benzene rings is 1. The maximum absolute atomic E-state index is 10.8. The molecule has 1 aromatic carbocycles. The van der Waals surface area contributed by atoms with E-state index in [0.717, 1.165) is 5.56 Å². The lowest BCUT2D eigenvalue weighted by Crippen LogP contribution is -2.03. The summed E-state index contributed by atoms with van der Waals surface area (Å²) in [5.74, 6) is 0.552. The van der Waals surface area contributed by atoms with Crippen LogP contribution in [0.25, 0.3) is 0 Å². The molecule has 0 saturated heterocycles. The molecule has 72 valence electrons. The quantitative estimate of drug-likeness (QED) is 0.796. The Kier molecular flexibility index (Phi) is 4.12. The van der Waals surface area contributed by atoms with Crippen molar-refractivity contribution in [2.75, 3.05) is 12.0 Å². The molecule has 0 radical (unpaired) electrons. The van der Waals surface area contributed by atoms with Crippen LogP contribution in [0.1, 0.15) is 18.1 Å². The van der Waals surface area contributed by atoms with Crippen molar-refractivity contribution in [3.05, 3.63) is 35.9 Å². The second kappa shape index (κ2) is 5.14. The molecule has 13 heavy (non-hydrogen) atoms. The van der Waals surface area contributed by atoms with Gasteiger partial charge in [-0.3, -0.25) is 4.21 Å². The predicted octanol–water partition coefficient (Wildman–Crippen LogP) is 1.49. The zero-order chi connectivity index (χ0) is 9.68. The first-order chi connectivity index (χ1) is 6.20. The lowest BCUT2D eigenvalue weighted by molar-refractivity contribution is 0.175. The number of hydrogen-bond donors (Lipinski definition) is 1. The molecule has 2 atom stereocenters. The van der Waals surface area contributed by atoms with Gasteiger partial charge in [0, 0.05) is 22.8 Å². The number of aliphatic hydroxyl groups is 1. The summed E-state index contributed by atoms with van der Waals surface area (Å²) < 4.78 is 10.8. The van der Waals surface area contributed by atoms with Crippen molar-refractivity contribution in [2.24, 2.45) is 0 Å². The summed E-state index contributed by atoms with van der Waals surface area (Å²) in [5, 5.41) is 9.63. The third-order valence-corrected chi connectivity index (χ3v) is 2.67. The summed E-state index contributed by atoms with van der Waals surface area (Å²) in [4.78, 5) is 0. The van der Waals surface area contributed by atoms with Crippen LogP contribution in [0.4, 0.5) is 0 Å². The van der Waals surface area contributed by atoms with Gasteiger partial charge >= 0.3 is 0 Å². The first-order valence-corrected chi connectivity index (χ1v) is 5.96. The monoisotopic (exact) mass is 198 g/mol. The Morgan fingerprint density at radius 3 is 2.54 bits per heavy atom. The van der Waals surface area contributed by atoms with Crippen LogP contribution in [0.15, 0.2) is 30.3 Å². The Morgan fingerprint density at radius 1 is 1.38 bits per heavy atom. The molecule has 0 aliphatic carbocycles. The Hall–Kier alpha value is -0.670. The molecule has 0 aromatic heterocycles. The SMILES string of the molecule is CS(=O)CCC(O)c1ccccc1. The van der Waals surface area contributed by atoms with Crippen molar-refractivity contribution >= 4 is 10.8 Å². The van der Waals surface area contributed by atoms with Crippen LogP contribution in [0.2, 0.25) is 0 Å². The van der Waals surface area contributed by atoms with Crippen LogP contribution < -0.4 is 0 Å². The van der Waals surface area contributed by atoms with Crippen LogP contribution in [-0.2, 0) is 10.8 Å². The molecule has 0 spiro atoms. The molecule has 0 aliphatic heterocycles. The summed E-state index contributed by atoms with van der Waals surface area (Å²) in [5.41, 5.74) is 0.896. The smallest absolute Gasteiger partial charge is 0.0798 e. The lowest BCUT2D eigenvalue weighted by atomic mass is 10.1. The molecule has 3 heteroatoms. The molecule has 0 fully saturated rings. The van der Waals surface area contributed by atoms with Crippen LogP contribution >= 0.6 is 0 Å². The molecule has 1 N–H and O–H groups in total. The number of rotatable bonds is 4. The molecule has 0 aliphatic rings. The number of aliphatic hydroxyl groups excluding tert-OH is 1. The molecular formula is C10H14O2S. The largest absolute Gasteiger partial charge is 0.388 e. The zero-order valence-corrected chi connectivity index (χ0v) is 8.46. The van der Waals surface area contributed by atoms with Crippen molar-refractivity contribution in [2.45, 2.75) is 12.5 Å². The van der Waals surface area contributed by atoms with E-state index in [1.807, 2.05) is 30.3 Å². The average Bonchev–Trinajstić information content (AvgIpc) is 2.15. The van der Waals surface area contributed by atoms with Crippen molar-refractivity contribution < 1.29 is 9.32 Å². The van der Waals surface area contributed by atoms with Gasteiger partial charge in [-0.25, -0.2) is 0 Å². The van der Waals surface area contributed by atoms with E-state index in [1.54, 1.807) is 6.26 Å². The summed E-state index contributed by atoms with van der Waals surface area (Å²) in [6.45, 7) is 0. The Morgan fingerprint density at radius 2 is 2.00 bits per heavy atom. The molecule has 1 aromatic rings. The normalized spacial score (nSPS) is 15.2. The maximum Gasteiger partial charge on any atom is 0.0798 e. The van der Waals surface area contributed by atoms with E-state index in [-0.39, 0.29) is 0 Å². The fraction of sp³-hybridized carbons (Fsp3) is 0.400. The third kappa shape index (κ3) is 3.70. The van der Waals surface area contributed by atoms with Gasteiger partial charge in [-0.15, -0.1) is 0 Å². The number of hydrogen-bond acceptors (Lipinski definition) is 2. The van der Waals surface area contributed by atoms with Gasteiger partial charge in [-0.2, -0.15) is 0 Å². The van der Waals surface area contributed by atoms with Gasteiger partial charge in [-0.1, -0.05) is 30.3 Å². The van der Waals surface area contributed by atoms with Gasteiger partial charge in [0.1, 0.15) is 0 Å². The fourth-order valence-electron chi connectivity index (χ4n) is 1.12. The highest BCUT2D eigenvalue weighted by molar-refractivity contribution is 7.84. The van der Waals surface area contributed by atoms with E-state index < -0.39 is 16.9 Å². The summed E-state index contributed by atoms with van der Waals surface area (Å²) in [7, 11) is -0.820. The van der Waals surface area contributed by atoms with Crippen molar-refractivity contribution in [3.8, 4) is 0 Å². The second-order valence-corrected chi connectivity index (χ2v) is 4.55. The van der Waals surface area contributed by atoms with Crippen LogP contribution in [0, 0.1) is 0 Å². The van der Waals surface area contributed by atoms with Gasteiger partial charge in [0.05, 0.1) is 6.10 Å². The first-order valence-electron chi connectivity index (χ1n) is 4.23. The minimum Gasteiger partial charge on any atom is -0.388 e. The van der Waals surface area contributed by atoms with Crippen LogP contribution in [-0.4, -0.2) is 21.3 Å². The molecule has 0 heterocycles. The van der Waals surface area contributed by atoms with E-state index in [4.69, 9.17) is 0 Å². The van der Waals surface area contributed by atoms with E-state index in [0.29, 0.717) is 12.2 Å². The lowest BCUT2D eigenvalue weighted by Gasteiger charge is -2.08. The Balaban J connectivity index is 2.49. The molecule has 0 bridgehead atoms. The van der Waals surface area contributed by atoms with E-state index in [9.17, 15) is 9.32 Å². The maximum atomic E-state index is 10.8. The van der Waals surface area contributed by atoms with Crippen molar-refractivity contribution in [1.29, 1.82) is 0 Å². The molecular weight excluding hydrogens is 184 g/mol. The van der Waals surface area contributed by atoms with Crippen molar-refractivity contribution in [3.63, 3.8) is 0 Å². The first kappa shape index (κ1) is 10.4. The van der Waals surface area contributed by atoms with Gasteiger partial charge in [0.2, 0.25) is 0 Å². The summed E-state index contributed by atoms with van der Waals surface area (Å²) >= 11 is 0. The van der Waals surface area contributed by atoms with E-state index >= 15 is 0 Å². The van der Waals surface area contributed by atoms with Crippen LogP contribution in [0.3, 0.4) is 0 Å². The topological polar surface area (TPSA) is 37.3 Å². The Bertz CT molecular complexity index is 272. The van der Waals surface area contributed by atoms with Gasteiger partial charge < -0.3 is 5.11 Å². The van der Waals surface area contributed by atoms with Gasteiger partial charge in [0.25, 0.3) is 0 Å². The Labute approximate surface area is 81.1 Å². The average molecular weight is 198 g/mol. The van der Waals surface area contributed by atoms with Gasteiger partial charge in [0.15, 0.2) is 0 Å². The minimum absolute atomic E-state index is 0.481. The van der Waals surface area contributed by atoms with E-state index in [2.05, 4.69) is 0 Å². The third-order valence-electron chi connectivity index (χ3n) is 1.86. The van der Waals surface area contributed by atoms with Crippen LogP contribution in [0.5, 0.6) is 0 Å². The highest BCUT2D eigenvalue weighted by atomic mass is 32.2. The minimum atomic E-state index is -0.820. The van der Waals surface area contributed by atoms with Gasteiger partial charge in [-0.05, 0) is 12.0 Å². The molecule has 2 unspecified atom stereocenters. The van der Waals surface area contributed by atoms with E-state index in [1.165, 1.54) is 0 Å². The molecule has 1 rings (SSSR count). The summed E-state index contributed by atoms with van der Waals surface area (Å²) in [6, 6.07) is 9.45. The van der Waals surface area contributed by atoms with Crippen molar-refractivity contribution in [1.82, 2.24) is 0 Å². The molecule has 2 nitrogen and oxygen atoms in total. The summed E-state index contributed by atoms with van der Waals surface area (Å²) in [6.07, 6.45) is 1.73. The molecule has 0 saturated carbocycles. The highest BCUT2D eigenvalue weighted by Crippen LogP contribution is 2.15. The second-order valence-electron chi connectivity index (χ2n) is 2.99. The zero-order valence-electron chi connectivity index (χ0n) is 7.64. The fourth-order valence-corrected chi connectivity index (χ4v) is 1.67. The molecule has 0 amide bonds. The highest BCUT2D eigenvalue weighted by Gasteiger charge is 2.06.